The fraction of sp³-hybridized carbons (Fsp3) is 0.448. The zero-order valence-electron chi connectivity index (χ0n) is 22.5. The third-order valence-electron chi connectivity index (χ3n) is 6.79. The largest absolute Gasteiger partial charge is 0.395 e. The van der Waals surface area contributed by atoms with Gasteiger partial charge in [0.05, 0.1) is 42.4 Å². The number of aliphatic hydroxyl groups excluding tert-OH is 2. The zero-order chi connectivity index (χ0) is 27.1. The molecule has 0 spiro atoms. The summed E-state index contributed by atoms with van der Waals surface area (Å²) in [5.74, 6) is -1.08. The molecule has 0 heterocycles. The van der Waals surface area contributed by atoms with E-state index in [1.54, 1.807) is 6.92 Å². The molecule has 8 heteroatoms. The summed E-state index contributed by atoms with van der Waals surface area (Å²) in [5, 5.41) is 18.6. The number of aryl methyl sites for hydroxylation is 2. The second-order valence-corrected chi connectivity index (χ2v) is 9.29. The van der Waals surface area contributed by atoms with Crippen LogP contribution in [0.3, 0.4) is 0 Å². The van der Waals surface area contributed by atoms with E-state index in [4.69, 9.17) is 9.98 Å². The molecule has 0 aromatic heterocycles. The normalized spacial score (nSPS) is 18.1. The number of Topliss-reactive ketones (excluding diaryl/α,β-unsaturated/α-hetero) is 2. The van der Waals surface area contributed by atoms with Gasteiger partial charge in [0.15, 0.2) is 11.6 Å². The Labute approximate surface area is 219 Å². The summed E-state index contributed by atoms with van der Waals surface area (Å²) < 4.78 is 0. The van der Waals surface area contributed by atoms with Crippen LogP contribution in [0.25, 0.3) is 0 Å². The third kappa shape index (κ3) is 6.50. The molecule has 3 rings (SSSR count). The standard InChI is InChI=1S/C29H38N4O4/c1-6-32(12-14-34)22-8-10-24(19(3)16-22)30-28-21(5)29(27(37)18-26(28)36)31-25-11-9-23(17-20(25)4)33(7-2)13-15-35/h8-11,16-17,21,34-35H,6-7,12-15,18H2,1-5H3. The Bertz CT molecular complexity index is 1110. The molecule has 198 valence electrons. The Kier molecular flexibility index (Phi) is 9.72. The number of likely N-dealkylation sites (N-methyl/N-ethyl adjacent to an activating group) is 2. The van der Waals surface area contributed by atoms with E-state index in [9.17, 15) is 19.8 Å². The van der Waals surface area contributed by atoms with Gasteiger partial charge in [0.1, 0.15) is 0 Å². The number of carbonyl (C=O) groups excluding carboxylic acids is 2. The first kappa shape index (κ1) is 28.2. The van der Waals surface area contributed by atoms with Crippen molar-refractivity contribution in [3.63, 3.8) is 0 Å². The van der Waals surface area contributed by atoms with Crippen molar-refractivity contribution in [2.75, 3.05) is 49.2 Å². The molecule has 1 saturated carbocycles. The fourth-order valence-corrected chi connectivity index (χ4v) is 4.62. The number of hydrogen-bond acceptors (Lipinski definition) is 8. The van der Waals surface area contributed by atoms with Gasteiger partial charge in [-0.2, -0.15) is 0 Å². The van der Waals surface area contributed by atoms with Crippen LogP contribution in [0.15, 0.2) is 46.4 Å². The minimum atomic E-state index is -0.532. The molecule has 0 atom stereocenters. The van der Waals surface area contributed by atoms with Gasteiger partial charge in [0, 0.05) is 43.5 Å². The molecule has 1 fully saturated rings. The van der Waals surface area contributed by atoms with Crippen molar-refractivity contribution in [3.05, 3.63) is 47.5 Å². The van der Waals surface area contributed by atoms with Crippen LogP contribution in [0.5, 0.6) is 0 Å². The lowest BCUT2D eigenvalue weighted by atomic mass is 9.84. The highest BCUT2D eigenvalue weighted by Gasteiger charge is 2.35. The highest BCUT2D eigenvalue weighted by atomic mass is 16.3. The Morgan fingerprint density at radius 1 is 0.784 bits per heavy atom. The number of aliphatic imine (C=N–C) groups is 2. The number of carbonyl (C=O) groups is 2. The first-order valence-electron chi connectivity index (χ1n) is 12.9. The van der Waals surface area contributed by atoms with Crippen molar-refractivity contribution < 1.29 is 19.8 Å². The van der Waals surface area contributed by atoms with Gasteiger partial charge < -0.3 is 20.0 Å². The van der Waals surface area contributed by atoms with Crippen molar-refractivity contribution in [1.82, 2.24) is 0 Å². The average molecular weight is 507 g/mol. The topological polar surface area (TPSA) is 106 Å². The van der Waals surface area contributed by atoms with E-state index in [1.807, 2.05) is 64.1 Å². The van der Waals surface area contributed by atoms with Gasteiger partial charge in [0.2, 0.25) is 0 Å². The molecule has 0 saturated heterocycles. The van der Waals surface area contributed by atoms with Gasteiger partial charge in [-0.3, -0.25) is 9.59 Å². The molecule has 0 bridgehead atoms. The number of ketones is 2. The van der Waals surface area contributed by atoms with E-state index in [0.29, 0.717) is 35.9 Å². The van der Waals surface area contributed by atoms with Gasteiger partial charge >= 0.3 is 0 Å². The minimum Gasteiger partial charge on any atom is -0.395 e. The van der Waals surface area contributed by atoms with Crippen LogP contribution in [-0.2, 0) is 9.59 Å². The molecular weight excluding hydrogens is 468 g/mol. The van der Waals surface area contributed by atoms with Crippen molar-refractivity contribution in [2.24, 2.45) is 15.9 Å². The third-order valence-corrected chi connectivity index (χ3v) is 6.79. The minimum absolute atomic E-state index is 0.0703. The quantitative estimate of drug-likeness (QED) is 0.473. The maximum Gasteiger partial charge on any atom is 0.185 e. The van der Waals surface area contributed by atoms with E-state index < -0.39 is 5.92 Å². The molecule has 8 nitrogen and oxygen atoms in total. The predicted molar refractivity (Wildman–Crippen MR) is 150 cm³/mol. The number of anilines is 2. The molecule has 0 aliphatic heterocycles. The summed E-state index contributed by atoms with van der Waals surface area (Å²) in [6.07, 6.45) is -0.240. The molecule has 1 aliphatic rings. The highest BCUT2D eigenvalue weighted by molar-refractivity contribution is 6.62. The van der Waals surface area contributed by atoms with Gasteiger partial charge in [-0.1, -0.05) is 6.92 Å². The van der Waals surface area contributed by atoms with Crippen LogP contribution in [0.1, 0.15) is 38.3 Å². The van der Waals surface area contributed by atoms with E-state index in [-0.39, 0.29) is 31.2 Å². The molecule has 1 aliphatic carbocycles. The van der Waals surface area contributed by atoms with Crippen molar-refractivity contribution in [3.8, 4) is 0 Å². The fourth-order valence-electron chi connectivity index (χ4n) is 4.62. The Hall–Kier alpha value is -3.36. The number of benzene rings is 2. The highest BCUT2D eigenvalue weighted by Crippen LogP contribution is 2.30. The van der Waals surface area contributed by atoms with Crippen LogP contribution < -0.4 is 9.80 Å². The lowest BCUT2D eigenvalue weighted by Crippen LogP contribution is -2.40. The molecule has 0 amide bonds. The summed E-state index contributed by atoms with van der Waals surface area (Å²) >= 11 is 0. The van der Waals surface area contributed by atoms with Crippen LogP contribution in [0, 0.1) is 19.8 Å². The Morgan fingerprint density at radius 3 is 1.51 bits per heavy atom. The molecular formula is C29H38N4O4. The summed E-state index contributed by atoms with van der Waals surface area (Å²) in [6, 6.07) is 11.6. The lowest BCUT2D eigenvalue weighted by Gasteiger charge is -2.24. The molecule has 37 heavy (non-hydrogen) atoms. The number of rotatable bonds is 10. The molecule has 0 radical (unpaired) electrons. The Balaban J connectivity index is 1.94. The summed E-state index contributed by atoms with van der Waals surface area (Å²) in [6.45, 7) is 12.5. The van der Waals surface area contributed by atoms with Crippen molar-refractivity contribution >= 4 is 45.7 Å². The maximum absolute atomic E-state index is 12.8. The SMILES string of the molecule is CCN(CCO)c1ccc(N=C2C(=O)CC(=O)C(=Nc3ccc(N(CC)CCO)cc3C)C2C)c(C)c1. The van der Waals surface area contributed by atoms with Crippen LogP contribution in [-0.4, -0.2) is 72.6 Å². The monoisotopic (exact) mass is 506 g/mol. The van der Waals surface area contributed by atoms with E-state index in [1.165, 1.54) is 0 Å². The smallest absolute Gasteiger partial charge is 0.185 e. The van der Waals surface area contributed by atoms with Crippen LogP contribution >= 0.6 is 0 Å². The van der Waals surface area contributed by atoms with Crippen LogP contribution in [0.4, 0.5) is 22.7 Å². The number of hydrogen-bond donors (Lipinski definition) is 2. The van der Waals surface area contributed by atoms with Crippen LogP contribution in [0.2, 0.25) is 0 Å². The van der Waals surface area contributed by atoms with E-state index in [0.717, 1.165) is 35.6 Å². The van der Waals surface area contributed by atoms with Gasteiger partial charge in [-0.05, 0) is 75.2 Å². The van der Waals surface area contributed by atoms with Crippen molar-refractivity contribution in [1.29, 1.82) is 0 Å². The number of aliphatic hydroxyl groups is 2. The van der Waals surface area contributed by atoms with E-state index >= 15 is 0 Å². The lowest BCUT2D eigenvalue weighted by molar-refractivity contribution is -0.121. The molecule has 2 aromatic carbocycles. The molecule has 2 N–H and O–H groups in total. The first-order chi connectivity index (χ1) is 17.7. The van der Waals surface area contributed by atoms with Gasteiger partial charge in [-0.25, -0.2) is 9.98 Å². The number of nitrogens with zero attached hydrogens (tertiary/aromatic N) is 4. The summed E-state index contributed by atoms with van der Waals surface area (Å²) in [5.41, 5.74) is 5.82. The second kappa shape index (κ2) is 12.7. The second-order valence-electron chi connectivity index (χ2n) is 9.29. The summed E-state index contributed by atoms with van der Waals surface area (Å²) in [4.78, 5) is 39.2. The molecule has 0 unspecified atom stereocenters. The van der Waals surface area contributed by atoms with Gasteiger partial charge in [0.25, 0.3) is 0 Å². The van der Waals surface area contributed by atoms with Gasteiger partial charge in [-0.15, -0.1) is 0 Å². The summed E-state index contributed by atoms with van der Waals surface area (Å²) in [7, 11) is 0. The maximum atomic E-state index is 12.8. The Morgan fingerprint density at radius 2 is 1.19 bits per heavy atom. The first-order valence-corrected chi connectivity index (χ1v) is 12.9. The van der Waals surface area contributed by atoms with Crippen molar-refractivity contribution in [2.45, 2.75) is 41.0 Å². The predicted octanol–water partition coefficient (Wildman–Crippen LogP) is 3.96. The van der Waals surface area contributed by atoms with E-state index in [2.05, 4.69) is 9.80 Å². The average Bonchev–Trinajstić information content (AvgIpc) is 2.87. The zero-order valence-corrected chi connectivity index (χ0v) is 22.5. The molecule has 2 aromatic rings.